The van der Waals surface area contributed by atoms with Crippen molar-refractivity contribution in [3.05, 3.63) is 0 Å². The molecule has 1 aliphatic rings. The van der Waals surface area contributed by atoms with Gasteiger partial charge in [-0.1, -0.05) is 51.9 Å². The van der Waals surface area contributed by atoms with Gasteiger partial charge in [-0.05, 0) is 19.1 Å². The highest BCUT2D eigenvalue weighted by atomic mass is 32.2. The fraction of sp³-hybridized carbons (Fsp3) is 0.933. The lowest BCUT2D eigenvalue weighted by Gasteiger charge is -2.28. The topological polar surface area (TPSA) is 41.1 Å². The molecule has 0 saturated carbocycles. The van der Waals surface area contributed by atoms with Crippen molar-refractivity contribution in [2.45, 2.75) is 83.2 Å². The summed E-state index contributed by atoms with van der Waals surface area (Å²) in [5.74, 6) is 1.32. The molecule has 1 saturated heterocycles. The van der Waals surface area contributed by atoms with E-state index in [-0.39, 0.29) is 11.4 Å². The summed E-state index contributed by atoms with van der Waals surface area (Å²) >= 11 is 1.83. The van der Waals surface area contributed by atoms with Crippen molar-refractivity contribution >= 4 is 17.7 Å². The molecule has 1 fully saturated rings. The molecule has 0 bridgehead atoms. The van der Waals surface area contributed by atoms with Crippen LogP contribution in [0.15, 0.2) is 0 Å². The van der Waals surface area contributed by atoms with Gasteiger partial charge in [-0.3, -0.25) is 10.1 Å². The maximum absolute atomic E-state index is 11.4. The van der Waals surface area contributed by atoms with Gasteiger partial charge in [0.2, 0.25) is 5.91 Å². The Morgan fingerprint density at radius 2 is 1.74 bits per heavy atom. The highest BCUT2D eigenvalue weighted by Crippen LogP contribution is 2.15. The molecule has 4 heteroatoms. The Morgan fingerprint density at radius 3 is 2.37 bits per heavy atom. The largest absolute Gasteiger partial charge is 0.332 e. The predicted molar refractivity (Wildman–Crippen MR) is 84.2 cm³/mol. The number of thioether (sulfide) groups is 1. The first-order chi connectivity index (χ1) is 9.22. The lowest BCUT2D eigenvalue weighted by molar-refractivity contribution is -0.123. The first-order valence-electron chi connectivity index (χ1n) is 7.89. The summed E-state index contributed by atoms with van der Waals surface area (Å²) in [7, 11) is 0. The van der Waals surface area contributed by atoms with Crippen molar-refractivity contribution in [1.29, 1.82) is 0 Å². The van der Waals surface area contributed by atoms with E-state index < -0.39 is 0 Å². The fourth-order valence-electron chi connectivity index (χ4n) is 2.37. The zero-order valence-electron chi connectivity index (χ0n) is 12.5. The smallest absolute Gasteiger partial charge is 0.223 e. The van der Waals surface area contributed by atoms with Gasteiger partial charge < -0.3 is 5.32 Å². The zero-order chi connectivity index (χ0) is 13.9. The Morgan fingerprint density at radius 1 is 1.11 bits per heavy atom. The molecular formula is C15H30N2OS. The number of hydrogen-bond acceptors (Lipinski definition) is 3. The molecule has 2 N–H and O–H groups in total. The van der Waals surface area contributed by atoms with Gasteiger partial charge in [0.15, 0.2) is 0 Å². The lowest BCUT2D eigenvalue weighted by Crippen LogP contribution is -2.53. The van der Waals surface area contributed by atoms with Gasteiger partial charge in [0.1, 0.15) is 5.50 Å². The predicted octanol–water partition coefficient (Wildman–Crippen LogP) is 3.64. The number of nitrogens with one attached hydrogen (secondary N) is 2. The van der Waals surface area contributed by atoms with Crippen LogP contribution in [0, 0.1) is 0 Å². The molecule has 19 heavy (non-hydrogen) atoms. The Hall–Kier alpha value is -0.220. The van der Waals surface area contributed by atoms with Crippen molar-refractivity contribution < 1.29 is 4.79 Å². The van der Waals surface area contributed by atoms with Crippen LogP contribution in [0.25, 0.3) is 0 Å². The van der Waals surface area contributed by atoms with Gasteiger partial charge >= 0.3 is 0 Å². The summed E-state index contributed by atoms with van der Waals surface area (Å²) < 4.78 is 0. The third-order valence-electron chi connectivity index (χ3n) is 3.50. The van der Waals surface area contributed by atoms with Gasteiger partial charge in [-0.25, -0.2) is 0 Å². The van der Waals surface area contributed by atoms with Crippen molar-refractivity contribution in [2.75, 3.05) is 5.75 Å². The molecule has 0 aromatic heterocycles. The zero-order valence-corrected chi connectivity index (χ0v) is 13.4. The van der Waals surface area contributed by atoms with Crippen molar-refractivity contribution in [3.8, 4) is 0 Å². The van der Waals surface area contributed by atoms with Crippen LogP contribution in [-0.2, 0) is 4.79 Å². The maximum Gasteiger partial charge on any atom is 0.223 e. The van der Waals surface area contributed by atoms with Crippen LogP contribution in [0.5, 0.6) is 0 Å². The number of carbonyl (C=O) groups excluding carboxylic acids is 1. The Bertz CT molecular complexity index is 248. The first kappa shape index (κ1) is 16.8. The van der Waals surface area contributed by atoms with E-state index in [9.17, 15) is 4.79 Å². The molecule has 3 nitrogen and oxygen atoms in total. The van der Waals surface area contributed by atoms with E-state index in [4.69, 9.17) is 0 Å². The van der Waals surface area contributed by atoms with Crippen LogP contribution in [0.2, 0.25) is 0 Å². The third-order valence-corrected chi connectivity index (χ3v) is 4.61. The summed E-state index contributed by atoms with van der Waals surface area (Å²) in [5, 5.41) is 6.39. The molecule has 2 atom stereocenters. The summed E-state index contributed by atoms with van der Waals surface area (Å²) in [4.78, 5) is 11.4. The summed E-state index contributed by atoms with van der Waals surface area (Å²) in [5.41, 5.74) is 0.126. The second kappa shape index (κ2) is 10.6. The van der Waals surface area contributed by atoms with Gasteiger partial charge in [0.25, 0.3) is 0 Å². The number of amides is 1. The van der Waals surface area contributed by atoms with Crippen LogP contribution in [-0.4, -0.2) is 23.2 Å². The number of unbranched alkanes of at least 4 members (excludes halogenated alkanes) is 7. The van der Waals surface area contributed by atoms with Crippen LogP contribution in [0.1, 0.15) is 71.6 Å². The van der Waals surface area contributed by atoms with Crippen molar-refractivity contribution in [1.82, 2.24) is 10.6 Å². The number of carbonyl (C=O) groups is 1. The number of rotatable bonds is 10. The third kappa shape index (κ3) is 8.53. The van der Waals surface area contributed by atoms with E-state index in [2.05, 4.69) is 24.5 Å². The van der Waals surface area contributed by atoms with E-state index in [1.807, 2.05) is 11.8 Å². The molecule has 1 rings (SSSR count). The molecule has 0 radical (unpaired) electrons. The molecule has 1 heterocycles. The van der Waals surface area contributed by atoms with E-state index in [0.29, 0.717) is 12.5 Å². The van der Waals surface area contributed by atoms with Crippen LogP contribution in [0.4, 0.5) is 0 Å². The molecule has 1 aliphatic heterocycles. The Labute approximate surface area is 122 Å². The monoisotopic (exact) mass is 286 g/mol. The molecule has 1 amide bonds. The quantitative estimate of drug-likeness (QED) is 0.602. The second-order valence-corrected chi connectivity index (χ2v) is 6.78. The molecule has 0 aromatic rings. The number of hydrogen-bond donors (Lipinski definition) is 2. The standard InChI is InChI=1S/C15H30N2OS/c1-3-4-5-6-7-8-9-10-11-19-15-16-13(2)12-14(18)17-15/h13,15-16H,3-12H2,1-2H3,(H,17,18). The SMILES string of the molecule is CCCCCCCCCCSC1NC(=O)CC(C)N1. The molecule has 112 valence electrons. The van der Waals surface area contributed by atoms with Crippen LogP contribution >= 0.6 is 11.8 Å². The van der Waals surface area contributed by atoms with Gasteiger partial charge in [-0.15, -0.1) is 11.8 Å². The minimum absolute atomic E-state index is 0.126. The Kier molecular flexibility index (Phi) is 9.35. The van der Waals surface area contributed by atoms with E-state index in [1.54, 1.807) is 0 Å². The lowest BCUT2D eigenvalue weighted by atomic mass is 10.1. The highest BCUT2D eigenvalue weighted by molar-refractivity contribution is 7.99. The minimum Gasteiger partial charge on any atom is -0.332 e. The summed E-state index contributed by atoms with van der Waals surface area (Å²) in [6, 6.07) is 0.310. The molecule has 0 aliphatic carbocycles. The Balaban J connectivity index is 1.89. The minimum atomic E-state index is 0.126. The van der Waals surface area contributed by atoms with E-state index >= 15 is 0 Å². The molecule has 2 unspecified atom stereocenters. The second-order valence-electron chi connectivity index (χ2n) is 5.57. The van der Waals surface area contributed by atoms with Crippen LogP contribution < -0.4 is 10.6 Å². The van der Waals surface area contributed by atoms with Gasteiger partial charge in [0, 0.05) is 12.5 Å². The first-order valence-corrected chi connectivity index (χ1v) is 8.94. The average molecular weight is 286 g/mol. The van der Waals surface area contributed by atoms with Crippen molar-refractivity contribution in [2.24, 2.45) is 0 Å². The average Bonchev–Trinajstić information content (AvgIpc) is 2.36. The normalized spacial score (nSPS) is 23.4. The van der Waals surface area contributed by atoms with Gasteiger partial charge in [0.05, 0.1) is 0 Å². The molecule has 0 spiro atoms. The fourth-order valence-corrected chi connectivity index (χ4v) is 3.52. The highest BCUT2D eigenvalue weighted by Gasteiger charge is 2.22. The van der Waals surface area contributed by atoms with Crippen molar-refractivity contribution in [3.63, 3.8) is 0 Å². The van der Waals surface area contributed by atoms with Gasteiger partial charge in [-0.2, -0.15) is 0 Å². The summed E-state index contributed by atoms with van der Waals surface area (Å²) in [6.45, 7) is 4.33. The molecule has 0 aromatic carbocycles. The molecular weight excluding hydrogens is 256 g/mol. The summed E-state index contributed by atoms with van der Waals surface area (Å²) in [6.07, 6.45) is 11.5. The van der Waals surface area contributed by atoms with E-state index in [1.165, 1.54) is 51.4 Å². The maximum atomic E-state index is 11.4. The van der Waals surface area contributed by atoms with E-state index in [0.717, 1.165) is 5.75 Å². The van der Waals surface area contributed by atoms with Crippen LogP contribution in [0.3, 0.4) is 0 Å².